The van der Waals surface area contributed by atoms with Gasteiger partial charge in [0.05, 0.1) is 10.9 Å². The number of H-pyrrole nitrogens is 1. The number of carboxylic acids is 1. The standard InChI is InChI=1S/C9H5F3N2O3/c10-9(11,12)17-5-1-2-13-7-6(5)4(3-14-7)8(15)16/h1-3H,(H,13,14)(H,15,16). The van der Waals surface area contributed by atoms with E-state index in [1.54, 1.807) is 0 Å². The molecule has 0 saturated heterocycles. The summed E-state index contributed by atoms with van der Waals surface area (Å²) in [6, 6.07) is 0.954. The second-order valence-electron chi connectivity index (χ2n) is 3.09. The van der Waals surface area contributed by atoms with Gasteiger partial charge >= 0.3 is 12.3 Å². The van der Waals surface area contributed by atoms with Gasteiger partial charge in [0.2, 0.25) is 0 Å². The Bertz CT molecular complexity index is 576. The first-order valence-electron chi connectivity index (χ1n) is 4.33. The molecule has 2 rings (SSSR count). The smallest absolute Gasteiger partial charge is 0.478 e. The van der Waals surface area contributed by atoms with E-state index < -0.39 is 18.1 Å². The predicted octanol–water partition coefficient (Wildman–Crippen LogP) is 2.16. The summed E-state index contributed by atoms with van der Waals surface area (Å²) in [4.78, 5) is 17.0. The van der Waals surface area contributed by atoms with Gasteiger partial charge in [-0.3, -0.25) is 0 Å². The SMILES string of the molecule is O=C(O)c1c[nH]c2nccc(OC(F)(F)F)c12. The number of nitrogens with zero attached hydrogens (tertiary/aromatic N) is 1. The third-order valence-electron chi connectivity index (χ3n) is 1.99. The number of alkyl halides is 3. The molecule has 2 heterocycles. The fourth-order valence-corrected chi connectivity index (χ4v) is 1.40. The maximum atomic E-state index is 12.1. The van der Waals surface area contributed by atoms with Crippen LogP contribution in [0.1, 0.15) is 10.4 Å². The Labute approximate surface area is 91.8 Å². The third-order valence-corrected chi connectivity index (χ3v) is 1.99. The Morgan fingerprint density at radius 2 is 2.18 bits per heavy atom. The molecule has 0 spiro atoms. The highest BCUT2D eigenvalue weighted by atomic mass is 19.4. The Morgan fingerprint density at radius 1 is 1.47 bits per heavy atom. The Morgan fingerprint density at radius 3 is 2.76 bits per heavy atom. The minimum atomic E-state index is -4.89. The van der Waals surface area contributed by atoms with Crippen molar-refractivity contribution in [3.05, 3.63) is 24.0 Å². The topological polar surface area (TPSA) is 75.2 Å². The van der Waals surface area contributed by atoms with Gasteiger partial charge in [0, 0.05) is 12.4 Å². The number of hydrogen-bond acceptors (Lipinski definition) is 3. The minimum Gasteiger partial charge on any atom is -0.478 e. The average Bonchev–Trinajstić information content (AvgIpc) is 2.59. The van der Waals surface area contributed by atoms with E-state index in [1.807, 2.05) is 0 Å². The van der Waals surface area contributed by atoms with Crippen LogP contribution in [0.4, 0.5) is 13.2 Å². The molecule has 0 aliphatic rings. The summed E-state index contributed by atoms with van der Waals surface area (Å²) in [7, 11) is 0. The second-order valence-corrected chi connectivity index (χ2v) is 3.09. The molecule has 5 nitrogen and oxygen atoms in total. The Balaban J connectivity index is 2.62. The molecule has 0 radical (unpaired) electrons. The van der Waals surface area contributed by atoms with Crippen molar-refractivity contribution in [2.45, 2.75) is 6.36 Å². The van der Waals surface area contributed by atoms with E-state index in [4.69, 9.17) is 5.11 Å². The van der Waals surface area contributed by atoms with Crippen LogP contribution in [0.15, 0.2) is 18.5 Å². The van der Waals surface area contributed by atoms with Crippen LogP contribution in [0.25, 0.3) is 11.0 Å². The number of aromatic nitrogens is 2. The van der Waals surface area contributed by atoms with Crippen molar-refractivity contribution in [1.29, 1.82) is 0 Å². The summed E-state index contributed by atoms with van der Waals surface area (Å²) in [5, 5.41) is 8.60. The van der Waals surface area contributed by atoms with Crippen LogP contribution in [0.5, 0.6) is 5.75 Å². The van der Waals surface area contributed by atoms with Crippen LogP contribution in [-0.4, -0.2) is 27.4 Å². The van der Waals surface area contributed by atoms with Crippen LogP contribution < -0.4 is 4.74 Å². The molecule has 2 aromatic heterocycles. The zero-order valence-electron chi connectivity index (χ0n) is 8.08. The number of nitrogens with one attached hydrogen (secondary N) is 1. The molecule has 0 fully saturated rings. The van der Waals surface area contributed by atoms with Gasteiger partial charge in [-0.2, -0.15) is 0 Å². The van der Waals surface area contributed by atoms with Crippen LogP contribution in [0, 0.1) is 0 Å². The molecule has 0 bridgehead atoms. The molecule has 2 N–H and O–H groups in total. The van der Waals surface area contributed by atoms with Crippen LogP contribution in [0.3, 0.4) is 0 Å². The lowest BCUT2D eigenvalue weighted by Gasteiger charge is -2.09. The quantitative estimate of drug-likeness (QED) is 0.851. The molecule has 0 amide bonds. The summed E-state index contributed by atoms with van der Waals surface area (Å²) >= 11 is 0. The summed E-state index contributed by atoms with van der Waals surface area (Å²) in [6.07, 6.45) is -2.74. The molecule has 0 unspecified atom stereocenters. The molecule has 8 heteroatoms. The van der Waals surface area contributed by atoms with Crippen molar-refractivity contribution < 1.29 is 27.8 Å². The van der Waals surface area contributed by atoms with Crippen LogP contribution in [-0.2, 0) is 0 Å². The monoisotopic (exact) mass is 246 g/mol. The van der Waals surface area contributed by atoms with Gasteiger partial charge in [-0.25, -0.2) is 9.78 Å². The lowest BCUT2D eigenvalue weighted by molar-refractivity contribution is -0.274. The lowest BCUT2D eigenvalue weighted by atomic mass is 10.2. The van der Waals surface area contributed by atoms with Gasteiger partial charge in [0.1, 0.15) is 11.4 Å². The van der Waals surface area contributed by atoms with Crippen LogP contribution >= 0.6 is 0 Å². The van der Waals surface area contributed by atoms with Gasteiger partial charge < -0.3 is 14.8 Å². The number of carboxylic acid groups (broad SMARTS) is 1. The first-order chi connectivity index (χ1) is 7.88. The lowest BCUT2D eigenvalue weighted by Crippen LogP contribution is -2.17. The highest BCUT2D eigenvalue weighted by Gasteiger charge is 2.32. The molecular weight excluding hydrogens is 241 g/mol. The van der Waals surface area contributed by atoms with Crippen molar-refractivity contribution in [2.24, 2.45) is 0 Å². The normalized spacial score (nSPS) is 11.7. The van der Waals surface area contributed by atoms with E-state index in [0.29, 0.717) is 0 Å². The van der Waals surface area contributed by atoms with Crippen molar-refractivity contribution in [3.8, 4) is 5.75 Å². The second kappa shape index (κ2) is 3.65. The number of aromatic carboxylic acids is 1. The van der Waals surface area contributed by atoms with Gasteiger partial charge in [-0.1, -0.05) is 0 Å². The van der Waals surface area contributed by atoms with E-state index in [2.05, 4.69) is 14.7 Å². The van der Waals surface area contributed by atoms with Crippen molar-refractivity contribution >= 4 is 17.0 Å². The zero-order chi connectivity index (χ0) is 12.6. The average molecular weight is 246 g/mol. The largest absolute Gasteiger partial charge is 0.573 e. The van der Waals surface area contributed by atoms with E-state index in [0.717, 1.165) is 18.5 Å². The molecule has 0 atom stereocenters. The van der Waals surface area contributed by atoms with E-state index >= 15 is 0 Å². The summed E-state index contributed by atoms with van der Waals surface area (Å²) < 4.78 is 40.1. The molecule has 0 aliphatic carbocycles. The number of rotatable bonds is 2. The highest BCUT2D eigenvalue weighted by Crippen LogP contribution is 2.31. The molecule has 0 aliphatic heterocycles. The highest BCUT2D eigenvalue weighted by molar-refractivity contribution is 6.04. The van der Waals surface area contributed by atoms with E-state index in [9.17, 15) is 18.0 Å². The molecule has 0 saturated carbocycles. The molecular formula is C9H5F3N2O3. The van der Waals surface area contributed by atoms with E-state index in [1.165, 1.54) is 0 Å². The number of hydrogen-bond donors (Lipinski definition) is 2. The molecule has 90 valence electrons. The van der Waals surface area contributed by atoms with Crippen molar-refractivity contribution in [3.63, 3.8) is 0 Å². The van der Waals surface area contributed by atoms with E-state index in [-0.39, 0.29) is 16.6 Å². The summed E-state index contributed by atoms with van der Waals surface area (Å²) in [6.45, 7) is 0. The van der Waals surface area contributed by atoms with Gasteiger partial charge in [0.15, 0.2) is 0 Å². The van der Waals surface area contributed by atoms with Gasteiger partial charge in [0.25, 0.3) is 0 Å². The van der Waals surface area contributed by atoms with Crippen molar-refractivity contribution in [2.75, 3.05) is 0 Å². The number of fused-ring (bicyclic) bond motifs is 1. The molecule has 0 aromatic carbocycles. The summed E-state index contributed by atoms with van der Waals surface area (Å²) in [5.74, 6) is -1.96. The molecule has 2 aromatic rings. The number of halogens is 3. The summed E-state index contributed by atoms with van der Waals surface area (Å²) in [5.41, 5.74) is -0.309. The fourth-order valence-electron chi connectivity index (χ4n) is 1.40. The first kappa shape index (κ1) is 11.2. The third kappa shape index (κ3) is 2.14. The van der Waals surface area contributed by atoms with Gasteiger partial charge in [-0.05, 0) is 6.07 Å². The van der Waals surface area contributed by atoms with Crippen molar-refractivity contribution in [1.82, 2.24) is 9.97 Å². The Kier molecular flexibility index (Phi) is 2.41. The minimum absolute atomic E-state index is 0.0177. The number of carbonyl (C=O) groups is 1. The van der Waals surface area contributed by atoms with Gasteiger partial charge in [-0.15, -0.1) is 13.2 Å². The predicted molar refractivity (Wildman–Crippen MR) is 49.7 cm³/mol. The number of aromatic amines is 1. The molecule has 17 heavy (non-hydrogen) atoms. The maximum absolute atomic E-state index is 12.1. The maximum Gasteiger partial charge on any atom is 0.573 e. The fraction of sp³-hybridized carbons (Fsp3) is 0.111. The number of pyridine rings is 1. The first-order valence-corrected chi connectivity index (χ1v) is 4.33. The zero-order valence-corrected chi connectivity index (χ0v) is 8.08. The Hall–Kier alpha value is -2.25. The van der Waals surface area contributed by atoms with Crippen LogP contribution in [0.2, 0.25) is 0 Å². The number of ether oxygens (including phenoxy) is 1.